The first-order chi connectivity index (χ1) is 8.15. The zero-order valence-corrected chi connectivity index (χ0v) is 9.85. The molecule has 1 amide bonds. The number of hydrogen-bond donors (Lipinski definition) is 2. The van der Waals surface area contributed by atoms with E-state index in [-0.39, 0.29) is 11.2 Å². The van der Waals surface area contributed by atoms with Crippen molar-refractivity contribution < 1.29 is 14.7 Å². The topological polar surface area (TPSA) is 112 Å². The first-order valence-electron chi connectivity index (χ1n) is 5.05. The van der Waals surface area contributed by atoms with Crippen LogP contribution in [0.4, 0.5) is 0 Å². The summed E-state index contributed by atoms with van der Waals surface area (Å²) in [6.07, 6.45) is 0.679. The molecule has 9 heteroatoms. The number of aliphatic carboxylic acids is 1. The van der Waals surface area contributed by atoms with Crippen molar-refractivity contribution in [2.45, 2.75) is 24.8 Å². The molecule has 8 nitrogen and oxygen atoms in total. The maximum Gasteiger partial charge on any atom is 0.327 e. The van der Waals surface area contributed by atoms with Crippen LogP contribution in [-0.2, 0) is 4.79 Å². The van der Waals surface area contributed by atoms with Crippen molar-refractivity contribution in [3.8, 4) is 0 Å². The molecule has 1 aromatic heterocycles. The van der Waals surface area contributed by atoms with Gasteiger partial charge in [0.05, 0.1) is 5.37 Å². The lowest BCUT2D eigenvalue weighted by molar-refractivity contribution is -0.141. The van der Waals surface area contributed by atoms with Crippen LogP contribution in [0.25, 0.3) is 0 Å². The van der Waals surface area contributed by atoms with E-state index in [1.54, 1.807) is 0 Å². The molecule has 2 atom stereocenters. The third-order valence-electron chi connectivity index (χ3n) is 2.50. The number of aromatic nitrogens is 4. The first kappa shape index (κ1) is 11.8. The Morgan fingerprint density at radius 3 is 2.94 bits per heavy atom. The van der Waals surface area contributed by atoms with Crippen LogP contribution in [0.1, 0.15) is 24.0 Å². The van der Waals surface area contributed by atoms with Crippen LogP contribution < -0.4 is 0 Å². The van der Waals surface area contributed by atoms with Crippen molar-refractivity contribution >= 4 is 23.6 Å². The number of amides is 1. The number of aromatic amines is 1. The van der Waals surface area contributed by atoms with E-state index in [9.17, 15) is 9.59 Å². The van der Waals surface area contributed by atoms with Gasteiger partial charge in [-0.2, -0.15) is 5.21 Å². The molecule has 0 aliphatic carbocycles. The number of nitrogens with zero attached hydrogens (tertiary/aromatic N) is 4. The average molecular weight is 257 g/mol. The highest BCUT2D eigenvalue weighted by Crippen LogP contribution is 2.32. The highest BCUT2D eigenvalue weighted by atomic mass is 32.2. The van der Waals surface area contributed by atoms with Gasteiger partial charge in [-0.25, -0.2) is 4.79 Å². The Morgan fingerprint density at radius 2 is 2.41 bits per heavy atom. The molecule has 1 saturated heterocycles. The van der Waals surface area contributed by atoms with Crippen molar-refractivity contribution in [1.82, 2.24) is 25.5 Å². The maximum atomic E-state index is 12.1. The molecule has 0 bridgehead atoms. The van der Waals surface area contributed by atoms with E-state index in [1.807, 2.05) is 6.92 Å². The zero-order valence-electron chi connectivity index (χ0n) is 9.03. The molecule has 1 fully saturated rings. The molecule has 0 spiro atoms. The summed E-state index contributed by atoms with van der Waals surface area (Å²) >= 11 is 1.45. The van der Waals surface area contributed by atoms with Crippen molar-refractivity contribution in [1.29, 1.82) is 0 Å². The Balaban J connectivity index is 2.25. The number of H-pyrrole nitrogens is 1. The Morgan fingerprint density at radius 1 is 1.65 bits per heavy atom. The number of rotatable bonds is 3. The summed E-state index contributed by atoms with van der Waals surface area (Å²) in [4.78, 5) is 24.4. The van der Waals surface area contributed by atoms with E-state index >= 15 is 0 Å². The van der Waals surface area contributed by atoms with Crippen molar-refractivity contribution in [3.63, 3.8) is 0 Å². The second-order valence-corrected chi connectivity index (χ2v) is 4.71. The highest BCUT2D eigenvalue weighted by Gasteiger charge is 2.42. The number of hydrogen-bond acceptors (Lipinski definition) is 6. The summed E-state index contributed by atoms with van der Waals surface area (Å²) in [5, 5.41) is 21.6. The Bertz CT molecular complexity index is 423. The van der Waals surface area contributed by atoms with Gasteiger partial charge in [-0.05, 0) is 11.6 Å². The van der Waals surface area contributed by atoms with Gasteiger partial charge in [0.1, 0.15) is 6.04 Å². The average Bonchev–Trinajstić information content (AvgIpc) is 2.96. The quantitative estimate of drug-likeness (QED) is 0.756. The van der Waals surface area contributed by atoms with Crippen LogP contribution in [0.5, 0.6) is 0 Å². The van der Waals surface area contributed by atoms with Crippen LogP contribution >= 0.6 is 11.8 Å². The van der Waals surface area contributed by atoms with E-state index in [0.717, 1.165) is 0 Å². The molecule has 1 aromatic rings. The summed E-state index contributed by atoms with van der Waals surface area (Å²) in [5.41, 5.74) is 0. The standard InChI is InChI=1S/C8H11N5O3S/c1-2-5-13(4(3-17-5)8(15)16)7(14)6-9-11-12-10-6/h4-5H,2-3H2,1H3,(H,15,16)(H,9,10,11,12). The minimum atomic E-state index is -1.01. The molecule has 0 aromatic carbocycles. The molecule has 1 aliphatic heterocycles. The molecule has 0 saturated carbocycles. The van der Waals surface area contributed by atoms with Gasteiger partial charge >= 0.3 is 5.97 Å². The number of thioether (sulfide) groups is 1. The van der Waals surface area contributed by atoms with Crippen LogP contribution in [-0.4, -0.2) is 59.7 Å². The largest absolute Gasteiger partial charge is 0.480 e. The maximum absolute atomic E-state index is 12.1. The van der Waals surface area contributed by atoms with Gasteiger partial charge < -0.3 is 10.0 Å². The molecule has 2 N–H and O–H groups in total. The van der Waals surface area contributed by atoms with Crippen molar-refractivity contribution in [2.24, 2.45) is 0 Å². The van der Waals surface area contributed by atoms with E-state index < -0.39 is 17.9 Å². The second-order valence-electron chi connectivity index (χ2n) is 3.50. The Kier molecular flexibility index (Phi) is 3.27. The molecule has 92 valence electrons. The Hall–Kier alpha value is -1.64. The second kappa shape index (κ2) is 4.70. The molecule has 0 radical (unpaired) electrons. The van der Waals surface area contributed by atoms with Gasteiger partial charge in [0.2, 0.25) is 0 Å². The third-order valence-corrected chi connectivity index (χ3v) is 3.95. The van der Waals surface area contributed by atoms with Gasteiger partial charge in [0, 0.05) is 5.75 Å². The molecule has 2 unspecified atom stereocenters. The van der Waals surface area contributed by atoms with Crippen LogP contribution in [0.15, 0.2) is 0 Å². The fourth-order valence-electron chi connectivity index (χ4n) is 1.71. The third kappa shape index (κ3) is 2.09. The van der Waals surface area contributed by atoms with Crippen molar-refractivity contribution in [3.05, 3.63) is 5.82 Å². The molecule has 2 heterocycles. The number of carbonyl (C=O) groups excluding carboxylic acids is 1. The SMILES string of the molecule is CCC1SCC(C(=O)O)N1C(=O)c1nn[nH]n1. The molecule has 2 rings (SSSR count). The molecule has 1 aliphatic rings. The van der Waals surface area contributed by atoms with Crippen LogP contribution in [0, 0.1) is 0 Å². The van der Waals surface area contributed by atoms with E-state index in [1.165, 1.54) is 16.7 Å². The lowest BCUT2D eigenvalue weighted by Gasteiger charge is -2.24. The molecular formula is C8H11N5O3S. The summed E-state index contributed by atoms with van der Waals surface area (Å²) < 4.78 is 0. The normalized spacial score (nSPS) is 23.9. The summed E-state index contributed by atoms with van der Waals surface area (Å²) in [7, 11) is 0. The fraction of sp³-hybridized carbons (Fsp3) is 0.625. The zero-order chi connectivity index (χ0) is 12.4. The number of carboxylic acids is 1. The van der Waals surface area contributed by atoms with Gasteiger partial charge in [-0.3, -0.25) is 4.79 Å². The fourth-order valence-corrected chi connectivity index (χ4v) is 3.06. The van der Waals surface area contributed by atoms with Gasteiger partial charge in [-0.1, -0.05) is 6.92 Å². The highest BCUT2D eigenvalue weighted by molar-refractivity contribution is 8.00. The van der Waals surface area contributed by atoms with Crippen LogP contribution in [0.3, 0.4) is 0 Å². The molecule has 17 heavy (non-hydrogen) atoms. The summed E-state index contributed by atoms with van der Waals surface area (Å²) in [6.45, 7) is 1.90. The van der Waals surface area contributed by atoms with Gasteiger partial charge in [-0.15, -0.1) is 22.0 Å². The minimum Gasteiger partial charge on any atom is -0.480 e. The van der Waals surface area contributed by atoms with Crippen molar-refractivity contribution in [2.75, 3.05) is 5.75 Å². The number of nitrogens with one attached hydrogen (secondary N) is 1. The number of carboxylic acid groups (broad SMARTS) is 1. The smallest absolute Gasteiger partial charge is 0.327 e. The number of tetrazole rings is 1. The monoisotopic (exact) mass is 257 g/mol. The predicted octanol–water partition coefficient (Wildman–Crippen LogP) is -0.422. The Labute approximate surface area is 101 Å². The van der Waals surface area contributed by atoms with Gasteiger partial charge in [0.15, 0.2) is 0 Å². The van der Waals surface area contributed by atoms with E-state index in [0.29, 0.717) is 12.2 Å². The van der Waals surface area contributed by atoms with Gasteiger partial charge in [0.25, 0.3) is 11.7 Å². The first-order valence-corrected chi connectivity index (χ1v) is 6.10. The predicted molar refractivity (Wildman–Crippen MR) is 58.3 cm³/mol. The molecular weight excluding hydrogens is 246 g/mol. The summed E-state index contributed by atoms with van der Waals surface area (Å²) in [5.74, 6) is -1.22. The number of carbonyl (C=O) groups is 2. The van der Waals surface area contributed by atoms with E-state index in [4.69, 9.17) is 5.11 Å². The lowest BCUT2D eigenvalue weighted by Crippen LogP contribution is -2.45. The minimum absolute atomic E-state index is 0.0998. The summed E-state index contributed by atoms with van der Waals surface area (Å²) in [6, 6.07) is -0.823. The van der Waals surface area contributed by atoms with E-state index in [2.05, 4.69) is 20.6 Å². The lowest BCUT2D eigenvalue weighted by atomic mass is 10.2. The van der Waals surface area contributed by atoms with Crippen LogP contribution in [0.2, 0.25) is 0 Å².